The lowest BCUT2D eigenvalue weighted by Gasteiger charge is -2.50. The van der Waals surface area contributed by atoms with Gasteiger partial charge in [-0.15, -0.1) is 0 Å². The molecule has 0 saturated carbocycles. The molecule has 154 valence electrons. The molecular formula is C21H27N5O3. The lowest BCUT2D eigenvalue weighted by Crippen LogP contribution is -2.62. The van der Waals surface area contributed by atoms with Gasteiger partial charge in [-0.1, -0.05) is 18.2 Å². The van der Waals surface area contributed by atoms with E-state index in [0.29, 0.717) is 50.9 Å². The second-order valence-electron chi connectivity index (χ2n) is 8.43. The van der Waals surface area contributed by atoms with Crippen LogP contribution < -0.4 is 4.90 Å². The molecule has 8 nitrogen and oxygen atoms in total. The minimum Gasteiger partial charge on any atom is -0.389 e. The van der Waals surface area contributed by atoms with Crippen molar-refractivity contribution in [3.8, 4) is 11.5 Å². The number of carbonyl (C=O) groups excluding carboxylic acids is 1. The minimum absolute atomic E-state index is 0.0183. The molecule has 2 aromatic rings. The summed E-state index contributed by atoms with van der Waals surface area (Å²) in [6.07, 6.45) is 3.45. The molecule has 2 atom stereocenters. The van der Waals surface area contributed by atoms with Crippen molar-refractivity contribution < 1.29 is 14.4 Å². The van der Waals surface area contributed by atoms with Gasteiger partial charge in [0.1, 0.15) is 0 Å². The van der Waals surface area contributed by atoms with Crippen molar-refractivity contribution in [2.45, 2.75) is 31.3 Å². The number of likely N-dealkylation sites (tertiary alicyclic amines) is 2. The number of benzene rings is 1. The SMILES string of the molecule is O=C(N1CCCC1)N1CC[C@]2(O)CCN(c3noc(-c4ccccc4)n3)C[C@@H]2C1. The van der Waals surface area contributed by atoms with E-state index in [1.165, 1.54) is 0 Å². The number of urea groups is 1. The summed E-state index contributed by atoms with van der Waals surface area (Å²) in [4.78, 5) is 23.3. The number of aromatic nitrogens is 2. The van der Waals surface area contributed by atoms with E-state index < -0.39 is 5.60 Å². The zero-order valence-corrected chi connectivity index (χ0v) is 16.5. The predicted molar refractivity (Wildman–Crippen MR) is 107 cm³/mol. The molecular weight excluding hydrogens is 370 g/mol. The summed E-state index contributed by atoms with van der Waals surface area (Å²) in [5, 5.41) is 15.3. The predicted octanol–water partition coefficient (Wildman–Crippen LogP) is 2.22. The Hall–Kier alpha value is -2.61. The molecule has 3 fully saturated rings. The number of piperidine rings is 2. The van der Waals surface area contributed by atoms with E-state index in [1.54, 1.807) is 0 Å². The average molecular weight is 397 g/mol. The van der Waals surface area contributed by atoms with Gasteiger partial charge >= 0.3 is 6.03 Å². The Morgan fingerprint density at radius 2 is 1.79 bits per heavy atom. The van der Waals surface area contributed by atoms with E-state index >= 15 is 0 Å². The Bertz CT molecular complexity index is 866. The van der Waals surface area contributed by atoms with Gasteiger partial charge in [-0.25, -0.2) is 4.79 Å². The van der Waals surface area contributed by atoms with Gasteiger partial charge in [0.2, 0.25) is 0 Å². The van der Waals surface area contributed by atoms with Crippen molar-refractivity contribution in [1.29, 1.82) is 0 Å². The van der Waals surface area contributed by atoms with E-state index in [1.807, 2.05) is 40.1 Å². The highest BCUT2D eigenvalue weighted by molar-refractivity contribution is 5.75. The van der Waals surface area contributed by atoms with Crippen molar-refractivity contribution in [2.24, 2.45) is 5.92 Å². The molecule has 1 N–H and O–H groups in total. The van der Waals surface area contributed by atoms with Crippen LogP contribution in [0, 0.1) is 5.92 Å². The van der Waals surface area contributed by atoms with Crippen LogP contribution in [-0.2, 0) is 0 Å². The molecule has 0 unspecified atom stereocenters. The quantitative estimate of drug-likeness (QED) is 0.836. The fraction of sp³-hybridized carbons (Fsp3) is 0.571. The van der Waals surface area contributed by atoms with Crippen molar-refractivity contribution in [2.75, 3.05) is 44.2 Å². The van der Waals surface area contributed by atoms with Crippen LogP contribution in [0.4, 0.5) is 10.7 Å². The summed E-state index contributed by atoms with van der Waals surface area (Å²) in [6.45, 7) is 4.20. The Morgan fingerprint density at radius 3 is 2.59 bits per heavy atom. The maximum atomic E-state index is 12.8. The fourth-order valence-electron chi connectivity index (χ4n) is 4.81. The first-order valence-electron chi connectivity index (χ1n) is 10.5. The van der Waals surface area contributed by atoms with Crippen LogP contribution in [0.15, 0.2) is 34.9 Å². The highest BCUT2D eigenvalue weighted by Crippen LogP contribution is 2.37. The number of hydrogen-bond donors (Lipinski definition) is 1. The average Bonchev–Trinajstić information content (AvgIpc) is 3.45. The van der Waals surface area contributed by atoms with E-state index in [9.17, 15) is 9.90 Å². The molecule has 4 heterocycles. The molecule has 3 aliphatic rings. The summed E-state index contributed by atoms with van der Waals surface area (Å²) in [7, 11) is 0. The van der Waals surface area contributed by atoms with Gasteiger partial charge < -0.3 is 24.3 Å². The number of fused-ring (bicyclic) bond motifs is 1. The maximum Gasteiger partial charge on any atom is 0.320 e. The van der Waals surface area contributed by atoms with Crippen molar-refractivity contribution in [1.82, 2.24) is 19.9 Å². The molecule has 0 aliphatic carbocycles. The van der Waals surface area contributed by atoms with Crippen LogP contribution in [0.3, 0.4) is 0 Å². The number of nitrogens with zero attached hydrogens (tertiary/aromatic N) is 5. The molecule has 3 saturated heterocycles. The van der Waals surface area contributed by atoms with Gasteiger partial charge in [0, 0.05) is 50.7 Å². The number of amides is 2. The highest BCUT2D eigenvalue weighted by Gasteiger charge is 2.47. The number of carbonyl (C=O) groups is 1. The molecule has 0 bridgehead atoms. The molecule has 3 aliphatic heterocycles. The van der Waals surface area contributed by atoms with Crippen LogP contribution in [-0.4, -0.2) is 75.9 Å². The van der Waals surface area contributed by atoms with Gasteiger partial charge in [-0.3, -0.25) is 0 Å². The molecule has 2 amide bonds. The summed E-state index contributed by atoms with van der Waals surface area (Å²) in [6, 6.07) is 9.82. The summed E-state index contributed by atoms with van der Waals surface area (Å²) in [5.41, 5.74) is 0.171. The molecule has 0 radical (unpaired) electrons. The largest absolute Gasteiger partial charge is 0.389 e. The first kappa shape index (κ1) is 18.4. The van der Waals surface area contributed by atoms with Crippen LogP contribution >= 0.6 is 0 Å². The third-order valence-electron chi connectivity index (χ3n) is 6.64. The van der Waals surface area contributed by atoms with Crippen molar-refractivity contribution >= 4 is 12.0 Å². The van der Waals surface area contributed by atoms with E-state index in [-0.39, 0.29) is 11.9 Å². The lowest BCUT2D eigenvalue weighted by atomic mass is 9.76. The van der Waals surface area contributed by atoms with Gasteiger partial charge in [-0.2, -0.15) is 4.98 Å². The monoisotopic (exact) mass is 397 g/mol. The molecule has 29 heavy (non-hydrogen) atoms. The highest BCUT2D eigenvalue weighted by atomic mass is 16.5. The fourth-order valence-corrected chi connectivity index (χ4v) is 4.81. The number of anilines is 1. The van der Waals surface area contributed by atoms with E-state index in [4.69, 9.17) is 4.52 Å². The lowest BCUT2D eigenvalue weighted by molar-refractivity contribution is -0.0765. The number of rotatable bonds is 2. The Balaban J connectivity index is 1.29. The van der Waals surface area contributed by atoms with Crippen LogP contribution in [0.5, 0.6) is 0 Å². The summed E-state index contributed by atoms with van der Waals surface area (Å²) >= 11 is 0. The van der Waals surface area contributed by atoms with Crippen LogP contribution in [0.1, 0.15) is 25.7 Å². The number of aliphatic hydroxyl groups is 1. The van der Waals surface area contributed by atoms with Crippen molar-refractivity contribution in [3.63, 3.8) is 0 Å². The normalized spacial score (nSPS) is 27.2. The molecule has 1 aromatic heterocycles. The van der Waals surface area contributed by atoms with Crippen molar-refractivity contribution in [3.05, 3.63) is 30.3 Å². The third-order valence-corrected chi connectivity index (χ3v) is 6.64. The third kappa shape index (κ3) is 3.46. The smallest absolute Gasteiger partial charge is 0.320 e. The second-order valence-corrected chi connectivity index (χ2v) is 8.43. The molecule has 0 spiro atoms. The minimum atomic E-state index is -0.718. The van der Waals surface area contributed by atoms with Gasteiger partial charge in [-0.05, 0) is 43.0 Å². The first-order valence-corrected chi connectivity index (χ1v) is 10.5. The Morgan fingerprint density at radius 1 is 1.03 bits per heavy atom. The standard InChI is InChI=1S/C21H27N5O3/c27-20(24-10-4-5-11-24)26-13-9-21(28)8-12-25(14-17(21)15-26)19-22-18(29-23-19)16-6-2-1-3-7-16/h1-3,6-7,17,28H,4-5,8-15H2/t17-,21-/m1/s1. The zero-order valence-electron chi connectivity index (χ0n) is 16.5. The Kier molecular flexibility index (Phi) is 4.66. The van der Waals surface area contributed by atoms with E-state index in [2.05, 4.69) is 15.0 Å². The van der Waals surface area contributed by atoms with E-state index in [0.717, 1.165) is 31.5 Å². The van der Waals surface area contributed by atoms with Crippen LogP contribution in [0.2, 0.25) is 0 Å². The van der Waals surface area contributed by atoms with Gasteiger partial charge in [0.15, 0.2) is 0 Å². The molecule has 5 rings (SSSR count). The molecule has 8 heteroatoms. The number of hydrogen-bond acceptors (Lipinski definition) is 6. The first-order chi connectivity index (χ1) is 14.1. The van der Waals surface area contributed by atoms with Gasteiger partial charge in [0.05, 0.1) is 5.60 Å². The topological polar surface area (TPSA) is 85.9 Å². The molecule has 1 aromatic carbocycles. The Labute approximate surface area is 170 Å². The maximum absolute atomic E-state index is 12.8. The summed E-state index contributed by atoms with van der Waals surface area (Å²) < 4.78 is 5.46. The van der Waals surface area contributed by atoms with Crippen LogP contribution in [0.25, 0.3) is 11.5 Å². The zero-order chi connectivity index (χ0) is 19.8. The summed E-state index contributed by atoms with van der Waals surface area (Å²) in [5.74, 6) is 1.03. The van der Waals surface area contributed by atoms with Gasteiger partial charge in [0.25, 0.3) is 11.8 Å². The second kappa shape index (κ2) is 7.33.